The number of fused-ring (bicyclic) bond motifs is 1. The van der Waals surface area contributed by atoms with Crippen LogP contribution in [0, 0.1) is 5.82 Å². The van der Waals surface area contributed by atoms with Crippen LogP contribution in [-0.4, -0.2) is 25.4 Å². The van der Waals surface area contributed by atoms with Crippen LogP contribution in [0.4, 0.5) is 4.39 Å². The third kappa shape index (κ3) is 3.26. The van der Waals surface area contributed by atoms with Gasteiger partial charge in [-0.1, -0.05) is 45.0 Å². The highest BCUT2D eigenvalue weighted by Gasteiger charge is 2.21. The van der Waals surface area contributed by atoms with Crippen LogP contribution in [0.25, 0.3) is 28.2 Å². The third-order valence-electron chi connectivity index (χ3n) is 4.88. The number of halogens is 1. The molecule has 0 radical (unpaired) electrons. The van der Waals surface area contributed by atoms with Crippen molar-refractivity contribution in [1.29, 1.82) is 0 Å². The molecule has 0 aliphatic carbocycles. The number of hydrogen-bond donors (Lipinski definition) is 2. The number of nitrogens with zero attached hydrogens (tertiary/aromatic N) is 3. The number of imidazole rings is 1. The van der Waals surface area contributed by atoms with Crippen molar-refractivity contribution in [2.24, 2.45) is 5.73 Å². The lowest BCUT2D eigenvalue weighted by molar-refractivity contribution is 0.0997. The first-order valence-corrected chi connectivity index (χ1v) is 9.35. The molecular formula is C22H20FN5O2. The molecule has 0 unspecified atom stereocenters. The second-order valence-corrected chi connectivity index (χ2v) is 8.00. The molecule has 0 saturated carbocycles. The largest absolute Gasteiger partial charge is 0.364 e. The molecule has 0 spiro atoms. The maximum Gasteiger partial charge on any atom is 0.332 e. The summed E-state index contributed by atoms with van der Waals surface area (Å²) in [6.45, 7) is 6.27. The zero-order chi connectivity index (χ0) is 21.6. The molecule has 2 aromatic heterocycles. The first-order chi connectivity index (χ1) is 14.2. The molecule has 0 saturated heterocycles. The number of H-pyrrole nitrogens is 1. The Labute approximate surface area is 171 Å². The molecule has 0 bridgehead atoms. The van der Waals surface area contributed by atoms with Gasteiger partial charge in [-0.2, -0.15) is 0 Å². The van der Waals surface area contributed by atoms with Gasteiger partial charge in [0.1, 0.15) is 11.3 Å². The molecule has 0 atom stereocenters. The number of benzene rings is 2. The highest BCUT2D eigenvalue weighted by molar-refractivity contribution is 6.02. The molecule has 2 aromatic carbocycles. The molecule has 4 aromatic rings. The summed E-state index contributed by atoms with van der Waals surface area (Å²) in [5.41, 5.74) is 6.74. The molecule has 30 heavy (non-hydrogen) atoms. The summed E-state index contributed by atoms with van der Waals surface area (Å²) in [4.78, 5) is 35.8. The number of nitrogens with two attached hydrogens (primary N) is 1. The normalized spacial score (nSPS) is 11.7. The predicted octanol–water partition coefficient (Wildman–Crippen LogP) is 3.31. The topological polar surface area (TPSA) is 107 Å². The van der Waals surface area contributed by atoms with Gasteiger partial charge >= 0.3 is 5.69 Å². The van der Waals surface area contributed by atoms with Gasteiger partial charge < -0.3 is 10.7 Å². The highest BCUT2D eigenvalue weighted by atomic mass is 19.1. The fraction of sp³-hybridized carbons (Fsp3) is 0.182. The van der Waals surface area contributed by atoms with Crippen molar-refractivity contribution in [3.8, 4) is 17.1 Å². The van der Waals surface area contributed by atoms with E-state index in [4.69, 9.17) is 5.73 Å². The predicted molar refractivity (Wildman–Crippen MR) is 112 cm³/mol. The molecule has 1 amide bonds. The van der Waals surface area contributed by atoms with Crippen molar-refractivity contribution in [1.82, 2.24) is 19.5 Å². The van der Waals surface area contributed by atoms with E-state index < -0.39 is 17.4 Å². The number of carbonyl (C=O) groups is 1. The molecule has 0 fully saturated rings. The Bertz CT molecular complexity index is 1330. The molecule has 3 N–H and O–H groups in total. The van der Waals surface area contributed by atoms with Crippen molar-refractivity contribution in [3.05, 3.63) is 76.1 Å². The monoisotopic (exact) mass is 405 g/mol. The van der Waals surface area contributed by atoms with E-state index in [0.29, 0.717) is 5.69 Å². The first kappa shape index (κ1) is 19.5. The van der Waals surface area contributed by atoms with Crippen LogP contribution in [0.2, 0.25) is 0 Å². The minimum atomic E-state index is -0.850. The van der Waals surface area contributed by atoms with E-state index in [1.165, 1.54) is 22.8 Å². The summed E-state index contributed by atoms with van der Waals surface area (Å²) in [7, 11) is 0. The Balaban J connectivity index is 2.00. The first-order valence-electron chi connectivity index (χ1n) is 9.35. The smallest absolute Gasteiger partial charge is 0.332 e. The van der Waals surface area contributed by atoms with Gasteiger partial charge in [0.2, 0.25) is 0 Å². The fourth-order valence-corrected chi connectivity index (χ4v) is 3.28. The Kier molecular flexibility index (Phi) is 4.49. The Hall–Kier alpha value is -3.81. The highest BCUT2D eigenvalue weighted by Crippen LogP contribution is 2.26. The molecule has 7 nitrogen and oxygen atoms in total. The minimum Gasteiger partial charge on any atom is -0.364 e. The van der Waals surface area contributed by atoms with Crippen LogP contribution in [0.15, 0.2) is 53.3 Å². The van der Waals surface area contributed by atoms with Crippen molar-refractivity contribution in [2.75, 3.05) is 0 Å². The average molecular weight is 405 g/mol. The minimum absolute atomic E-state index is 0.0338. The van der Waals surface area contributed by atoms with Gasteiger partial charge in [-0.05, 0) is 35.2 Å². The van der Waals surface area contributed by atoms with Crippen LogP contribution in [-0.2, 0) is 5.41 Å². The van der Waals surface area contributed by atoms with Crippen molar-refractivity contribution in [3.63, 3.8) is 0 Å². The quantitative estimate of drug-likeness (QED) is 0.545. The summed E-state index contributed by atoms with van der Waals surface area (Å²) in [6, 6.07) is 13.4. The summed E-state index contributed by atoms with van der Waals surface area (Å²) in [5.74, 6) is -1.43. The van der Waals surface area contributed by atoms with Crippen LogP contribution in [0.1, 0.15) is 36.8 Å². The van der Waals surface area contributed by atoms with E-state index in [9.17, 15) is 14.0 Å². The molecule has 8 heteroatoms. The molecule has 0 aliphatic rings. The van der Waals surface area contributed by atoms with E-state index in [1.54, 1.807) is 18.2 Å². The average Bonchev–Trinajstić information content (AvgIpc) is 3.02. The zero-order valence-corrected chi connectivity index (χ0v) is 16.7. The lowest BCUT2D eigenvalue weighted by atomic mass is 9.87. The van der Waals surface area contributed by atoms with Gasteiger partial charge in [0.15, 0.2) is 17.2 Å². The van der Waals surface area contributed by atoms with Crippen molar-refractivity contribution >= 4 is 17.1 Å². The van der Waals surface area contributed by atoms with Gasteiger partial charge in [0, 0.05) is 0 Å². The lowest BCUT2D eigenvalue weighted by Crippen LogP contribution is -2.16. The summed E-state index contributed by atoms with van der Waals surface area (Å²) in [6.07, 6.45) is 0. The van der Waals surface area contributed by atoms with Gasteiger partial charge in [-0.3, -0.25) is 4.79 Å². The van der Waals surface area contributed by atoms with Crippen LogP contribution in [0.3, 0.4) is 0 Å². The number of nitrogens with one attached hydrogen (secondary N) is 1. The number of aromatic amines is 1. The molecule has 2 heterocycles. The van der Waals surface area contributed by atoms with E-state index in [1.807, 2.05) is 12.1 Å². The summed E-state index contributed by atoms with van der Waals surface area (Å²) in [5, 5.41) is 0. The van der Waals surface area contributed by atoms with Crippen molar-refractivity contribution in [2.45, 2.75) is 26.2 Å². The van der Waals surface area contributed by atoms with Gasteiger partial charge in [0.05, 0.1) is 11.3 Å². The maximum absolute atomic E-state index is 14.3. The Morgan fingerprint density at radius 2 is 1.73 bits per heavy atom. The van der Waals surface area contributed by atoms with Crippen LogP contribution >= 0.6 is 0 Å². The Morgan fingerprint density at radius 3 is 2.33 bits per heavy atom. The number of rotatable bonds is 3. The second kappa shape index (κ2) is 6.91. The maximum atomic E-state index is 14.3. The SMILES string of the molecule is CC(C)(C)c1ccc(-n2c(=O)[nH]c3c(C(N)=O)nc(-c4ccccc4F)nc32)cc1. The zero-order valence-electron chi connectivity index (χ0n) is 16.7. The number of amides is 1. The molecule has 4 rings (SSSR count). The lowest BCUT2D eigenvalue weighted by Gasteiger charge is -2.19. The molecule has 152 valence electrons. The van der Waals surface area contributed by atoms with Gasteiger partial charge in [0.25, 0.3) is 5.91 Å². The second-order valence-electron chi connectivity index (χ2n) is 8.00. The van der Waals surface area contributed by atoms with E-state index in [2.05, 4.69) is 35.7 Å². The van der Waals surface area contributed by atoms with E-state index in [-0.39, 0.29) is 33.7 Å². The standard InChI is InChI=1S/C22H20FN5O2/c1-22(2,3)12-8-10-13(11-9-12)28-20-17(26-21(28)30)16(18(24)29)25-19(27-20)14-6-4-5-7-15(14)23/h4-11H,1-3H3,(H2,24,29)(H,26,30). The van der Waals surface area contributed by atoms with Crippen LogP contribution in [0.5, 0.6) is 0 Å². The van der Waals surface area contributed by atoms with Gasteiger partial charge in [-0.15, -0.1) is 0 Å². The van der Waals surface area contributed by atoms with E-state index >= 15 is 0 Å². The Morgan fingerprint density at radius 1 is 1.07 bits per heavy atom. The van der Waals surface area contributed by atoms with Gasteiger partial charge in [-0.25, -0.2) is 23.7 Å². The number of hydrogen-bond acceptors (Lipinski definition) is 4. The number of aromatic nitrogens is 4. The van der Waals surface area contributed by atoms with E-state index in [0.717, 1.165) is 5.56 Å². The van der Waals surface area contributed by atoms with Crippen molar-refractivity contribution < 1.29 is 9.18 Å². The third-order valence-corrected chi connectivity index (χ3v) is 4.88. The fourth-order valence-electron chi connectivity index (χ4n) is 3.28. The van der Waals surface area contributed by atoms with Crippen LogP contribution < -0.4 is 11.4 Å². The molecular weight excluding hydrogens is 385 g/mol. The molecule has 0 aliphatic heterocycles. The number of primary amides is 1. The summed E-state index contributed by atoms with van der Waals surface area (Å²) >= 11 is 0. The summed E-state index contributed by atoms with van der Waals surface area (Å²) < 4.78 is 15.6. The number of carbonyl (C=O) groups excluding carboxylic acids is 1.